The first-order valence-corrected chi connectivity index (χ1v) is 5.87. The van der Waals surface area contributed by atoms with Crippen molar-refractivity contribution >= 4 is 18.0 Å². The Kier molecular flexibility index (Phi) is 5.41. The second kappa shape index (κ2) is 6.83. The molecule has 1 unspecified atom stereocenters. The van der Waals surface area contributed by atoms with Gasteiger partial charge in [-0.3, -0.25) is 9.59 Å². The lowest BCUT2D eigenvalue weighted by Crippen LogP contribution is -2.47. The van der Waals surface area contributed by atoms with E-state index in [1.807, 2.05) is 0 Å². The van der Waals surface area contributed by atoms with Crippen LogP contribution in [0.1, 0.15) is 19.3 Å². The zero-order valence-electron chi connectivity index (χ0n) is 10.3. The minimum Gasteiger partial charge on any atom is -0.481 e. The maximum absolute atomic E-state index is 11.7. The molecule has 0 spiro atoms. The molecule has 1 heterocycles. The predicted molar refractivity (Wildman–Crippen MR) is 62.0 cm³/mol. The first kappa shape index (κ1) is 14.3. The zero-order valence-corrected chi connectivity index (χ0v) is 10.3. The first-order valence-electron chi connectivity index (χ1n) is 5.87. The number of likely N-dealkylation sites (tertiary alicyclic amines) is 1. The first-order chi connectivity index (χ1) is 8.54. The topological polar surface area (TPSA) is 95.9 Å². The summed E-state index contributed by atoms with van der Waals surface area (Å²) >= 11 is 0. The van der Waals surface area contributed by atoms with Gasteiger partial charge in [-0.05, 0) is 12.8 Å². The van der Waals surface area contributed by atoms with Crippen molar-refractivity contribution in [2.24, 2.45) is 5.92 Å². The molecular weight excluding hydrogens is 240 g/mol. The van der Waals surface area contributed by atoms with Crippen molar-refractivity contribution < 1.29 is 24.2 Å². The third-order valence-electron chi connectivity index (χ3n) is 2.86. The molecule has 0 aromatic heterocycles. The van der Waals surface area contributed by atoms with Crippen molar-refractivity contribution in [2.75, 3.05) is 26.7 Å². The van der Waals surface area contributed by atoms with Gasteiger partial charge in [-0.1, -0.05) is 0 Å². The second-order valence-corrected chi connectivity index (χ2v) is 4.18. The molecule has 0 saturated carbocycles. The predicted octanol–water partition coefficient (Wildman–Crippen LogP) is 0.0557. The Morgan fingerprint density at radius 3 is 2.78 bits per heavy atom. The summed E-state index contributed by atoms with van der Waals surface area (Å²) in [5, 5.41) is 11.0. The van der Waals surface area contributed by atoms with E-state index in [0.717, 1.165) is 6.42 Å². The Labute approximate surface area is 105 Å². The molecule has 2 amide bonds. The number of esters is 1. The average Bonchev–Trinajstić information content (AvgIpc) is 2.37. The van der Waals surface area contributed by atoms with Crippen LogP contribution in [0.4, 0.5) is 4.79 Å². The highest BCUT2D eigenvalue weighted by Gasteiger charge is 2.28. The van der Waals surface area contributed by atoms with E-state index in [4.69, 9.17) is 5.11 Å². The number of carboxylic acid groups (broad SMARTS) is 1. The molecule has 0 bridgehead atoms. The zero-order chi connectivity index (χ0) is 13.5. The van der Waals surface area contributed by atoms with Crippen LogP contribution in [0.15, 0.2) is 0 Å². The number of nitrogens with zero attached hydrogens (tertiary/aromatic N) is 1. The van der Waals surface area contributed by atoms with Gasteiger partial charge in [0, 0.05) is 19.6 Å². The highest BCUT2D eigenvalue weighted by atomic mass is 16.5. The maximum Gasteiger partial charge on any atom is 0.317 e. The number of methoxy groups -OCH3 is 1. The van der Waals surface area contributed by atoms with Crippen molar-refractivity contribution in [1.29, 1.82) is 0 Å². The number of carbonyl (C=O) groups is 3. The third kappa shape index (κ3) is 4.23. The van der Waals surface area contributed by atoms with Crippen LogP contribution in [0.25, 0.3) is 0 Å². The summed E-state index contributed by atoms with van der Waals surface area (Å²) < 4.78 is 4.66. The van der Waals surface area contributed by atoms with Crippen molar-refractivity contribution in [1.82, 2.24) is 10.2 Å². The van der Waals surface area contributed by atoms with Gasteiger partial charge in [0.05, 0.1) is 19.4 Å². The Morgan fingerprint density at radius 1 is 1.44 bits per heavy atom. The van der Waals surface area contributed by atoms with E-state index in [2.05, 4.69) is 10.1 Å². The number of hydrogen-bond donors (Lipinski definition) is 2. The Balaban J connectivity index is 2.38. The Morgan fingerprint density at radius 2 is 2.17 bits per heavy atom. The molecule has 18 heavy (non-hydrogen) atoms. The fraction of sp³-hybridized carbons (Fsp3) is 0.727. The van der Waals surface area contributed by atoms with Gasteiger partial charge in [0.15, 0.2) is 0 Å². The highest BCUT2D eigenvalue weighted by molar-refractivity contribution is 5.77. The van der Waals surface area contributed by atoms with Crippen molar-refractivity contribution in [3.63, 3.8) is 0 Å². The van der Waals surface area contributed by atoms with E-state index in [-0.39, 0.29) is 30.9 Å². The number of hydrogen-bond acceptors (Lipinski definition) is 4. The molecule has 1 rings (SSSR count). The minimum absolute atomic E-state index is 0.0908. The van der Waals surface area contributed by atoms with E-state index in [0.29, 0.717) is 19.5 Å². The molecule has 1 atom stereocenters. The number of urea groups is 1. The number of piperidine rings is 1. The van der Waals surface area contributed by atoms with Gasteiger partial charge in [0.1, 0.15) is 0 Å². The molecule has 1 aliphatic heterocycles. The Hall–Kier alpha value is -1.79. The van der Waals surface area contributed by atoms with Crippen molar-refractivity contribution in [2.45, 2.75) is 19.3 Å². The number of carboxylic acids is 1. The van der Waals surface area contributed by atoms with Crippen LogP contribution < -0.4 is 5.32 Å². The fourth-order valence-corrected chi connectivity index (χ4v) is 1.91. The van der Waals surface area contributed by atoms with Crippen LogP contribution in [0.3, 0.4) is 0 Å². The lowest BCUT2D eigenvalue weighted by molar-refractivity contribution is -0.146. The minimum atomic E-state index is -0.957. The molecule has 2 N–H and O–H groups in total. The van der Waals surface area contributed by atoms with E-state index in [1.54, 1.807) is 0 Å². The van der Waals surface area contributed by atoms with Crippen molar-refractivity contribution in [3.05, 3.63) is 0 Å². The molecule has 1 fully saturated rings. The third-order valence-corrected chi connectivity index (χ3v) is 2.86. The van der Waals surface area contributed by atoms with Gasteiger partial charge in [0.2, 0.25) is 0 Å². The quantitative estimate of drug-likeness (QED) is 0.695. The molecule has 1 aliphatic rings. The van der Waals surface area contributed by atoms with E-state index < -0.39 is 5.97 Å². The fourth-order valence-electron chi connectivity index (χ4n) is 1.91. The normalized spacial score (nSPS) is 19.2. The summed E-state index contributed by atoms with van der Waals surface area (Å²) in [4.78, 5) is 34.9. The lowest BCUT2D eigenvalue weighted by atomic mass is 9.98. The smallest absolute Gasteiger partial charge is 0.317 e. The van der Waals surface area contributed by atoms with Crippen molar-refractivity contribution in [3.8, 4) is 0 Å². The van der Waals surface area contributed by atoms with Crippen LogP contribution >= 0.6 is 0 Å². The largest absolute Gasteiger partial charge is 0.481 e. The van der Waals surface area contributed by atoms with Gasteiger partial charge in [-0.2, -0.15) is 0 Å². The summed E-state index contributed by atoms with van der Waals surface area (Å²) in [6.45, 7) is 0.992. The van der Waals surface area contributed by atoms with E-state index >= 15 is 0 Å². The molecule has 0 aromatic carbocycles. The molecule has 1 saturated heterocycles. The van der Waals surface area contributed by atoms with Crippen LogP contribution in [0, 0.1) is 5.92 Å². The maximum atomic E-state index is 11.7. The van der Waals surface area contributed by atoms with Gasteiger partial charge in [-0.15, -0.1) is 0 Å². The Bertz CT molecular complexity index is 331. The molecular formula is C11H18N2O5. The summed E-state index contributed by atoms with van der Waals surface area (Å²) in [5.74, 6) is -1.55. The van der Waals surface area contributed by atoms with Gasteiger partial charge < -0.3 is 20.1 Å². The van der Waals surface area contributed by atoms with Crippen LogP contribution in [0.5, 0.6) is 0 Å². The SMILES string of the molecule is COC(=O)C1CCCN(C(=O)NCCC(=O)O)C1. The van der Waals surface area contributed by atoms with E-state index in [9.17, 15) is 14.4 Å². The molecule has 102 valence electrons. The monoisotopic (exact) mass is 258 g/mol. The van der Waals surface area contributed by atoms with E-state index in [1.165, 1.54) is 12.0 Å². The molecule has 7 nitrogen and oxygen atoms in total. The molecule has 0 aliphatic carbocycles. The summed E-state index contributed by atoms with van der Waals surface area (Å²) in [6, 6.07) is -0.329. The number of nitrogens with one attached hydrogen (secondary N) is 1. The second-order valence-electron chi connectivity index (χ2n) is 4.18. The average molecular weight is 258 g/mol. The van der Waals surface area contributed by atoms with Crippen LogP contribution in [0.2, 0.25) is 0 Å². The number of ether oxygens (including phenoxy) is 1. The van der Waals surface area contributed by atoms with Crippen LogP contribution in [-0.2, 0) is 14.3 Å². The number of rotatable bonds is 4. The molecule has 0 aromatic rings. The van der Waals surface area contributed by atoms with Crippen LogP contribution in [-0.4, -0.2) is 54.7 Å². The molecule has 7 heteroatoms. The lowest BCUT2D eigenvalue weighted by Gasteiger charge is -2.31. The van der Waals surface area contributed by atoms with Gasteiger partial charge in [-0.25, -0.2) is 4.79 Å². The summed E-state index contributed by atoms with van der Waals surface area (Å²) in [5.41, 5.74) is 0. The number of amides is 2. The van der Waals surface area contributed by atoms with Gasteiger partial charge in [0.25, 0.3) is 0 Å². The number of carbonyl (C=O) groups excluding carboxylic acids is 2. The summed E-state index contributed by atoms with van der Waals surface area (Å²) in [7, 11) is 1.33. The standard InChI is InChI=1S/C11H18N2O5/c1-18-10(16)8-3-2-6-13(7-8)11(17)12-5-4-9(14)15/h8H,2-7H2,1H3,(H,12,17)(H,14,15). The molecule has 0 radical (unpaired) electrons. The highest BCUT2D eigenvalue weighted by Crippen LogP contribution is 2.17. The van der Waals surface area contributed by atoms with Gasteiger partial charge >= 0.3 is 18.0 Å². The summed E-state index contributed by atoms with van der Waals surface area (Å²) in [6.07, 6.45) is 1.34. The number of aliphatic carboxylic acids is 1.